The van der Waals surface area contributed by atoms with Gasteiger partial charge in [-0.05, 0) is 51.5 Å². The van der Waals surface area contributed by atoms with E-state index in [1.165, 1.54) is 19.1 Å². The van der Waals surface area contributed by atoms with E-state index in [4.69, 9.17) is 9.15 Å². The molecule has 2 rings (SSSR count). The van der Waals surface area contributed by atoms with Crippen LogP contribution in [-0.4, -0.2) is 51.3 Å². The van der Waals surface area contributed by atoms with Gasteiger partial charge in [-0.1, -0.05) is 0 Å². The third-order valence-electron chi connectivity index (χ3n) is 4.11. The number of nitrogens with one attached hydrogen (secondary N) is 3. The maximum Gasteiger partial charge on any atom is 0.287 e. The van der Waals surface area contributed by atoms with Crippen LogP contribution < -0.4 is 16.0 Å². The standard InChI is InChI=1S/C19H32N4O3.HI/c1-3-20-19(23-11-5-12-25-14-16-6-7-16)22-10-4-9-21-18(24)17-15(2)8-13-26-17;/h8,13,16H,3-7,9-12,14H2,1-2H3,(H,21,24)(H2,20,22,23);1H. The van der Waals surface area contributed by atoms with Gasteiger partial charge in [0.25, 0.3) is 5.91 Å². The maximum absolute atomic E-state index is 11.9. The highest BCUT2D eigenvalue weighted by atomic mass is 127. The van der Waals surface area contributed by atoms with Crippen molar-refractivity contribution in [1.29, 1.82) is 0 Å². The maximum atomic E-state index is 11.9. The second-order valence-electron chi connectivity index (χ2n) is 6.60. The summed E-state index contributed by atoms with van der Waals surface area (Å²) in [6.45, 7) is 8.47. The fourth-order valence-electron chi connectivity index (χ4n) is 2.41. The Morgan fingerprint density at radius 3 is 2.70 bits per heavy atom. The van der Waals surface area contributed by atoms with Crippen LogP contribution in [0, 0.1) is 12.8 Å². The lowest BCUT2D eigenvalue weighted by Gasteiger charge is -2.11. The number of aryl methyl sites for hydroxylation is 1. The zero-order valence-corrected chi connectivity index (χ0v) is 18.7. The van der Waals surface area contributed by atoms with E-state index in [0.29, 0.717) is 18.8 Å². The average molecular weight is 492 g/mol. The summed E-state index contributed by atoms with van der Waals surface area (Å²) >= 11 is 0. The van der Waals surface area contributed by atoms with Crippen LogP contribution in [0.2, 0.25) is 0 Å². The van der Waals surface area contributed by atoms with Gasteiger partial charge in [-0.15, -0.1) is 24.0 Å². The number of hydrogen-bond acceptors (Lipinski definition) is 4. The molecule has 0 spiro atoms. The molecule has 0 bridgehead atoms. The van der Waals surface area contributed by atoms with Crippen LogP contribution in [0.3, 0.4) is 0 Å². The van der Waals surface area contributed by atoms with Gasteiger partial charge in [-0.25, -0.2) is 0 Å². The fourth-order valence-corrected chi connectivity index (χ4v) is 2.41. The number of carbonyl (C=O) groups excluding carboxylic acids is 1. The summed E-state index contributed by atoms with van der Waals surface area (Å²) in [4.78, 5) is 16.4. The van der Waals surface area contributed by atoms with Crippen LogP contribution in [0.15, 0.2) is 21.7 Å². The number of hydrogen-bond donors (Lipinski definition) is 3. The van der Waals surface area contributed by atoms with Gasteiger partial charge >= 0.3 is 0 Å². The number of furan rings is 1. The molecule has 0 unspecified atom stereocenters. The summed E-state index contributed by atoms with van der Waals surface area (Å²) in [5.74, 6) is 1.84. The Labute approximate surface area is 179 Å². The molecule has 8 heteroatoms. The molecule has 1 saturated carbocycles. The van der Waals surface area contributed by atoms with Gasteiger partial charge in [0, 0.05) is 45.0 Å². The van der Waals surface area contributed by atoms with E-state index >= 15 is 0 Å². The first-order valence-corrected chi connectivity index (χ1v) is 9.63. The molecular formula is C19H33IN4O3. The van der Waals surface area contributed by atoms with Gasteiger partial charge in [0.05, 0.1) is 6.26 Å². The van der Waals surface area contributed by atoms with E-state index in [0.717, 1.165) is 56.6 Å². The molecule has 1 aliphatic carbocycles. The van der Waals surface area contributed by atoms with Crippen LogP contribution in [0.4, 0.5) is 0 Å². The second kappa shape index (κ2) is 13.8. The molecular weight excluding hydrogens is 459 g/mol. The monoisotopic (exact) mass is 492 g/mol. The van der Waals surface area contributed by atoms with E-state index in [1.54, 1.807) is 6.07 Å². The van der Waals surface area contributed by atoms with E-state index in [2.05, 4.69) is 20.9 Å². The Bertz CT molecular complexity index is 573. The molecule has 0 aliphatic heterocycles. The summed E-state index contributed by atoms with van der Waals surface area (Å²) in [5.41, 5.74) is 0.847. The molecule has 3 N–H and O–H groups in total. The lowest BCUT2D eigenvalue weighted by molar-refractivity contribution is 0.0925. The van der Waals surface area contributed by atoms with Gasteiger partial charge in [-0.3, -0.25) is 9.79 Å². The van der Waals surface area contributed by atoms with Crippen molar-refractivity contribution in [2.24, 2.45) is 10.9 Å². The van der Waals surface area contributed by atoms with Crippen molar-refractivity contribution >= 4 is 35.8 Å². The highest BCUT2D eigenvalue weighted by Gasteiger charge is 2.20. The number of ether oxygens (including phenoxy) is 1. The van der Waals surface area contributed by atoms with Gasteiger partial charge in [0.1, 0.15) is 0 Å². The zero-order chi connectivity index (χ0) is 18.6. The van der Waals surface area contributed by atoms with Gasteiger partial charge in [-0.2, -0.15) is 0 Å². The molecule has 1 heterocycles. The van der Waals surface area contributed by atoms with E-state index in [1.807, 2.05) is 13.8 Å². The van der Waals surface area contributed by atoms with Crippen LogP contribution in [-0.2, 0) is 4.74 Å². The van der Waals surface area contributed by atoms with Crippen LogP contribution >= 0.6 is 24.0 Å². The molecule has 27 heavy (non-hydrogen) atoms. The second-order valence-corrected chi connectivity index (χ2v) is 6.60. The largest absolute Gasteiger partial charge is 0.459 e. The Morgan fingerprint density at radius 1 is 1.26 bits per heavy atom. The summed E-state index contributed by atoms with van der Waals surface area (Å²) in [6, 6.07) is 1.78. The minimum absolute atomic E-state index is 0. The first-order valence-electron chi connectivity index (χ1n) is 9.63. The Balaban J connectivity index is 0.00000364. The number of halogens is 1. The third-order valence-corrected chi connectivity index (χ3v) is 4.11. The minimum Gasteiger partial charge on any atom is -0.459 e. The van der Waals surface area contributed by atoms with Gasteiger partial charge in [0.2, 0.25) is 0 Å². The molecule has 0 saturated heterocycles. The molecule has 1 aromatic rings. The molecule has 0 aromatic carbocycles. The number of aliphatic imine (C=N–C) groups is 1. The fraction of sp³-hybridized carbons (Fsp3) is 0.684. The highest BCUT2D eigenvalue weighted by molar-refractivity contribution is 14.0. The summed E-state index contributed by atoms with van der Waals surface area (Å²) in [7, 11) is 0. The SMILES string of the molecule is CCNC(=NCCCNC(=O)c1occc1C)NCCCOCC1CC1.I. The number of rotatable bonds is 12. The number of amides is 1. The van der Waals surface area contributed by atoms with Gasteiger partial charge < -0.3 is 25.1 Å². The first kappa shape index (κ1) is 23.7. The highest BCUT2D eigenvalue weighted by Crippen LogP contribution is 2.28. The van der Waals surface area contributed by atoms with Crippen molar-refractivity contribution in [2.75, 3.05) is 39.4 Å². The minimum atomic E-state index is -0.173. The average Bonchev–Trinajstić information content (AvgIpc) is 3.36. The number of nitrogens with zero attached hydrogens (tertiary/aromatic N) is 1. The van der Waals surface area contributed by atoms with E-state index < -0.39 is 0 Å². The number of guanidine groups is 1. The quantitative estimate of drug-likeness (QED) is 0.181. The molecule has 1 fully saturated rings. The lowest BCUT2D eigenvalue weighted by Crippen LogP contribution is -2.38. The molecule has 1 aliphatic rings. The number of carbonyl (C=O) groups is 1. The summed E-state index contributed by atoms with van der Waals surface area (Å²) < 4.78 is 10.8. The topological polar surface area (TPSA) is 87.9 Å². The Morgan fingerprint density at radius 2 is 2.04 bits per heavy atom. The van der Waals surface area contributed by atoms with Crippen molar-refractivity contribution in [3.05, 3.63) is 23.7 Å². The Kier molecular flexibility index (Phi) is 12.2. The molecule has 1 amide bonds. The van der Waals surface area contributed by atoms with Crippen molar-refractivity contribution in [2.45, 2.75) is 39.5 Å². The molecule has 0 radical (unpaired) electrons. The smallest absolute Gasteiger partial charge is 0.287 e. The lowest BCUT2D eigenvalue weighted by atomic mass is 10.2. The normalized spacial score (nSPS) is 13.8. The van der Waals surface area contributed by atoms with Crippen molar-refractivity contribution in [3.8, 4) is 0 Å². The summed E-state index contributed by atoms with van der Waals surface area (Å²) in [5, 5.41) is 9.39. The molecule has 7 nitrogen and oxygen atoms in total. The van der Waals surface area contributed by atoms with Crippen molar-refractivity contribution < 1.29 is 13.9 Å². The first-order chi connectivity index (χ1) is 12.7. The predicted octanol–water partition coefficient (Wildman–Crippen LogP) is 2.70. The van der Waals surface area contributed by atoms with Crippen molar-refractivity contribution in [3.63, 3.8) is 0 Å². The predicted molar refractivity (Wildman–Crippen MR) is 118 cm³/mol. The van der Waals surface area contributed by atoms with E-state index in [-0.39, 0.29) is 29.9 Å². The molecule has 154 valence electrons. The van der Waals surface area contributed by atoms with Gasteiger partial charge in [0.15, 0.2) is 11.7 Å². The Hall–Kier alpha value is -1.29. The van der Waals surface area contributed by atoms with E-state index in [9.17, 15) is 4.79 Å². The van der Waals surface area contributed by atoms with Crippen LogP contribution in [0.5, 0.6) is 0 Å². The van der Waals surface area contributed by atoms with Crippen LogP contribution in [0.25, 0.3) is 0 Å². The molecule has 0 atom stereocenters. The summed E-state index contributed by atoms with van der Waals surface area (Å²) in [6.07, 6.45) is 5.93. The third kappa shape index (κ3) is 9.99. The zero-order valence-electron chi connectivity index (χ0n) is 16.4. The van der Waals surface area contributed by atoms with Crippen LogP contribution in [0.1, 0.15) is 48.7 Å². The molecule has 1 aromatic heterocycles. The van der Waals surface area contributed by atoms with Crippen molar-refractivity contribution in [1.82, 2.24) is 16.0 Å².